The molecule has 0 unspecified atom stereocenters. The van der Waals surface area contributed by atoms with Gasteiger partial charge in [0, 0.05) is 10.9 Å². The molecule has 1 saturated carbocycles. The fraction of sp³-hybridized carbons (Fsp3) is 0.222. The normalized spacial score (nSPS) is 14.3. The van der Waals surface area contributed by atoms with Crippen LogP contribution in [0, 0.1) is 0 Å². The van der Waals surface area contributed by atoms with Crippen molar-refractivity contribution in [3.63, 3.8) is 0 Å². The summed E-state index contributed by atoms with van der Waals surface area (Å²) in [7, 11) is -3.75. The van der Waals surface area contributed by atoms with Crippen molar-refractivity contribution < 1.29 is 12.9 Å². The fourth-order valence-corrected chi connectivity index (χ4v) is 4.02. The van der Waals surface area contributed by atoms with E-state index in [0.717, 1.165) is 24.2 Å². The van der Waals surface area contributed by atoms with Gasteiger partial charge in [-0.05, 0) is 42.7 Å². The summed E-state index contributed by atoms with van der Waals surface area (Å²) in [5, 5.41) is 4.36. The standard InChI is InChI=1S/C18H16ClN3O3S/c19-14-5-3-6-15(11-14)26(23,24)22-16-7-2-1-4-13(16)10-17-20-18(21-25-17)12-8-9-12/h1-7,11-12,22H,8-10H2. The van der Waals surface area contributed by atoms with Crippen LogP contribution in [0.3, 0.4) is 0 Å². The van der Waals surface area contributed by atoms with Crippen molar-refractivity contribution in [1.29, 1.82) is 0 Å². The third-order valence-electron chi connectivity index (χ3n) is 4.14. The third kappa shape index (κ3) is 3.73. The minimum absolute atomic E-state index is 0.105. The Morgan fingerprint density at radius 3 is 2.73 bits per heavy atom. The van der Waals surface area contributed by atoms with Crippen LogP contribution in [0.1, 0.15) is 36.0 Å². The molecule has 0 aliphatic heterocycles. The number of anilines is 1. The van der Waals surface area contributed by atoms with E-state index in [4.69, 9.17) is 16.1 Å². The molecule has 3 aromatic rings. The Balaban J connectivity index is 1.58. The van der Waals surface area contributed by atoms with Crippen LogP contribution >= 0.6 is 11.6 Å². The lowest BCUT2D eigenvalue weighted by Crippen LogP contribution is -2.14. The Morgan fingerprint density at radius 1 is 1.15 bits per heavy atom. The summed E-state index contributed by atoms with van der Waals surface area (Å²) in [6.07, 6.45) is 2.54. The number of nitrogens with zero attached hydrogens (tertiary/aromatic N) is 2. The molecule has 1 aliphatic rings. The monoisotopic (exact) mass is 389 g/mol. The molecular formula is C18H16ClN3O3S. The van der Waals surface area contributed by atoms with E-state index in [1.54, 1.807) is 24.3 Å². The molecular weight excluding hydrogens is 374 g/mol. The summed E-state index contributed by atoms with van der Waals surface area (Å²) in [6, 6.07) is 13.3. The molecule has 0 radical (unpaired) electrons. The van der Waals surface area contributed by atoms with E-state index in [-0.39, 0.29) is 4.90 Å². The smallest absolute Gasteiger partial charge is 0.261 e. The van der Waals surface area contributed by atoms with Gasteiger partial charge in [-0.1, -0.05) is 41.0 Å². The molecule has 1 N–H and O–H groups in total. The molecule has 0 saturated heterocycles. The van der Waals surface area contributed by atoms with E-state index in [2.05, 4.69) is 14.9 Å². The molecule has 134 valence electrons. The highest BCUT2D eigenvalue weighted by Crippen LogP contribution is 2.38. The van der Waals surface area contributed by atoms with Crippen LogP contribution in [0.4, 0.5) is 5.69 Å². The molecule has 0 spiro atoms. The third-order valence-corrected chi connectivity index (χ3v) is 5.73. The van der Waals surface area contributed by atoms with Gasteiger partial charge in [0.05, 0.1) is 17.0 Å². The summed E-state index contributed by atoms with van der Waals surface area (Å²) < 4.78 is 33.2. The topological polar surface area (TPSA) is 85.1 Å². The van der Waals surface area contributed by atoms with Crippen molar-refractivity contribution in [1.82, 2.24) is 10.1 Å². The number of para-hydroxylation sites is 1. The molecule has 8 heteroatoms. The summed E-state index contributed by atoms with van der Waals surface area (Å²) in [5.74, 6) is 1.61. The molecule has 1 heterocycles. The lowest BCUT2D eigenvalue weighted by molar-refractivity contribution is 0.379. The second-order valence-corrected chi connectivity index (χ2v) is 8.34. The maximum absolute atomic E-state index is 12.6. The molecule has 6 nitrogen and oxygen atoms in total. The van der Waals surface area contributed by atoms with Gasteiger partial charge in [-0.15, -0.1) is 0 Å². The van der Waals surface area contributed by atoms with Gasteiger partial charge in [-0.25, -0.2) is 8.42 Å². The summed E-state index contributed by atoms with van der Waals surface area (Å²) in [6.45, 7) is 0. The second-order valence-electron chi connectivity index (χ2n) is 6.22. The molecule has 0 amide bonds. The average molecular weight is 390 g/mol. The van der Waals surface area contributed by atoms with Crippen LogP contribution < -0.4 is 4.72 Å². The largest absolute Gasteiger partial charge is 0.339 e. The zero-order valence-corrected chi connectivity index (χ0v) is 15.3. The highest BCUT2D eigenvalue weighted by atomic mass is 35.5. The first kappa shape index (κ1) is 17.1. The highest BCUT2D eigenvalue weighted by Gasteiger charge is 2.29. The minimum atomic E-state index is -3.75. The van der Waals surface area contributed by atoms with E-state index >= 15 is 0 Å². The van der Waals surface area contributed by atoms with Gasteiger partial charge >= 0.3 is 0 Å². The van der Waals surface area contributed by atoms with E-state index in [0.29, 0.717) is 28.9 Å². The quantitative estimate of drug-likeness (QED) is 0.688. The fourth-order valence-electron chi connectivity index (χ4n) is 2.62. The van der Waals surface area contributed by atoms with Gasteiger partial charge in [0.1, 0.15) is 0 Å². The van der Waals surface area contributed by atoms with Gasteiger partial charge in [-0.3, -0.25) is 4.72 Å². The van der Waals surface area contributed by atoms with Crippen LogP contribution in [0.15, 0.2) is 57.9 Å². The zero-order chi connectivity index (χ0) is 18.1. The number of sulfonamides is 1. The summed E-state index contributed by atoms with van der Waals surface area (Å²) in [5.41, 5.74) is 1.22. The van der Waals surface area contributed by atoms with Gasteiger partial charge in [0.25, 0.3) is 10.0 Å². The first-order valence-electron chi connectivity index (χ1n) is 8.20. The minimum Gasteiger partial charge on any atom is -0.339 e. The molecule has 0 bridgehead atoms. The van der Waals surface area contributed by atoms with Crippen LogP contribution in [-0.4, -0.2) is 18.6 Å². The van der Waals surface area contributed by atoms with Crippen LogP contribution in [0.25, 0.3) is 0 Å². The Morgan fingerprint density at radius 2 is 1.96 bits per heavy atom. The van der Waals surface area contributed by atoms with Crippen molar-refractivity contribution in [3.8, 4) is 0 Å². The van der Waals surface area contributed by atoms with Gasteiger partial charge < -0.3 is 4.52 Å². The number of nitrogens with one attached hydrogen (secondary N) is 1. The number of rotatable bonds is 6. The predicted octanol–water partition coefficient (Wildman–Crippen LogP) is 3.99. The SMILES string of the molecule is O=S(=O)(Nc1ccccc1Cc1nc(C2CC2)no1)c1cccc(Cl)c1. The Labute approximate surface area is 156 Å². The van der Waals surface area contributed by atoms with Crippen molar-refractivity contribution in [2.24, 2.45) is 0 Å². The number of hydrogen-bond acceptors (Lipinski definition) is 5. The lowest BCUT2D eigenvalue weighted by atomic mass is 10.1. The van der Waals surface area contributed by atoms with Crippen LogP contribution in [0.5, 0.6) is 0 Å². The molecule has 26 heavy (non-hydrogen) atoms. The molecule has 4 rings (SSSR count). The van der Waals surface area contributed by atoms with E-state index in [1.165, 1.54) is 12.1 Å². The van der Waals surface area contributed by atoms with Crippen molar-refractivity contribution in [2.45, 2.75) is 30.1 Å². The van der Waals surface area contributed by atoms with Crippen LogP contribution in [-0.2, 0) is 16.4 Å². The first-order chi connectivity index (χ1) is 12.5. The Kier molecular flexibility index (Phi) is 4.42. The number of halogens is 1. The highest BCUT2D eigenvalue weighted by molar-refractivity contribution is 7.92. The van der Waals surface area contributed by atoms with Gasteiger partial charge in [0.2, 0.25) is 5.89 Å². The molecule has 1 aromatic heterocycles. The van der Waals surface area contributed by atoms with Crippen LogP contribution in [0.2, 0.25) is 5.02 Å². The average Bonchev–Trinajstić information content (AvgIpc) is 3.36. The first-order valence-corrected chi connectivity index (χ1v) is 10.1. The maximum atomic E-state index is 12.6. The molecule has 2 aromatic carbocycles. The molecule has 1 aliphatic carbocycles. The maximum Gasteiger partial charge on any atom is 0.261 e. The predicted molar refractivity (Wildman–Crippen MR) is 97.8 cm³/mol. The second kappa shape index (κ2) is 6.74. The van der Waals surface area contributed by atoms with Gasteiger partial charge in [0.15, 0.2) is 5.82 Å². The van der Waals surface area contributed by atoms with Crippen molar-refractivity contribution in [3.05, 3.63) is 70.8 Å². The number of hydrogen-bond donors (Lipinski definition) is 1. The van der Waals surface area contributed by atoms with Crippen molar-refractivity contribution in [2.75, 3.05) is 4.72 Å². The lowest BCUT2D eigenvalue weighted by Gasteiger charge is -2.12. The number of aromatic nitrogens is 2. The number of benzene rings is 2. The van der Waals surface area contributed by atoms with Crippen molar-refractivity contribution >= 4 is 27.3 Å². The van der Waals surface area contributed by atoms with E-state index < -0.39 is 10.0 Å². The molecule has 0 atom stereocenters. The Bertz CT molecular complexity index is 1050. The van der Waals surface area contributed by atoms with E-state index in [9.17, 15) is 8.42 Å². The summed E-state index contributed by atoms with van der Waals surface area (Å²) in [4.78, 5) is 4.51. The van der Waals surface area contributed by atoms with E-state index in [1.807, 2.05) is 12.1 Å². The summed E-state index contributed by atoms with van der Waals surface area (Å²) >= 11 is 5.91. The zero-order valence-electron chi connectivity index (χ0n) is 13.7. The van der Waals surface area contributed by atoms with Gasteiger partial charge in [-0.2, -0.15) is 4.98 Å². The molecule has 1 fully saturated rings. The Hall–Kier alpha value is -2.38.